The van der Waals surface area contributed by atoms with Crippen LogP contribution < -0.4 is 4.74 Å². The predicted molar refractivity (Wildman–Crippen MR) is 132 cm³/mol. The van der Waals surface area contributed by atoms with Crippen molar-refractivity contribution in [3.05, 3.63) is 99.5 Å². The number of hydrogen-bond acceptors (Lipinski definition) is 5. The fraction of sp³-hybridized carbons (Fsp3) is 0.259. The molecule has 0 saturated heterocycles. The largest absolute Gasteiger partial charge is 0.482 e. The number of hydrogen-bond donors (Lipinski definition) is 0. The number of carbonyl (C=O) groups is 2. The Hall–Kier alpha value is -3.32. The number of fused-ring (bicyclic) bond motifs is 1. The zero-order valence-electron chi connectivity index (χ0n) is 18.9. The van der Waals surface area contributed by atoms with E-state index in [1.54, 1.807) is 17.9 Å². The van der Waals surface area contributed by atoms with E-state index in [9.17, 15) is 9.59 Å². The summed E-state index contributed by atoms with van der Waals surface area (Å²) in [5.41, 5.74) is 3.86. The molecule has 1 amide bonds. The average molecular weight is 524 g/mol. The fourth-order valence-corrected chi connectivity index (χ4v) is 4.48. The fourth-order valence-electron chi connectivity index (χ4n) is 4.10. The molecular weight excluding hydrogens is 498 g/mol. The smallest absolute Gasteiger partial charge is 0.410 e. The van der Waals surface area contributed by atoms with E-state index in [1.165, 1.54) is 0 Å². The van der Waals surface area contributed by atoms with E-state index in [0.717, 1.165) is 33.1 Å². The van der Waals surface area contributed by atoms with Crippen LogP contribution in [0.3, 0.4) is 0 Å². The molecule has 0 bridgehead atoms. The Bertz CT molecular complexity index is 1150. The summed E-state index contributed by atoms with van der Waals surface area (Å²) in [4.78, 5) is 26.9. The lowest BCUT2D eigenvalue weighted by molar-refractivity contribution is -0.145. The van der Waals surface area contributed by atoms with Crippen molar-refractivity contribution in [1.82, 2.24) is 4.90 Å². The van der Waals surface area contributed by atoms with Crippen LogP contribution >= 0.6 is 15.9 Å². The van der Waals surface area contributed by atoms with Crippen molar-refractivity contribution in [1.29, 1.82) is 0 Å². The molecule has 0 N–H and O–H groups in total. The van der Waals surface area contributed by atoms with Gasteiger partial charge in [0.2, 0.25) is 0 Å². The maximum Gasteiger partial charge on any atom is 0.410 e. The van der Waals surface area contributed by atoms with Crippen LogP contribution in [0, 0.1) is 0 Å². The number of carbonyl (C=O) groups excluding carboxylic acids is 2. The molecule has 0 aliphatic carbocycles. The molecule has 1 heterocycles. The van der Waals surface area contributed by atoms with Crippen molar-refractivity contribution < 1.29 is 23.8 Å². The third-order valence-corrected chi connectivity index (χ3v) is 6.13. The second-order valence-corrected chi connectivity index (χ2v) is 8.78. The van der Waals surface area contributed by atoms with E-state index in [0.29, 0.717) is 12.3 Å². The molecule has 0 spiro atoms. The molecule has 1 unspecified atom stereocenters. The van der Waals surface area contributed by atoms with Gasteiger partial charge in [0.15, 0.2) is 6.61 Å². The molecule has 3 aromatic rings. The van der Waals surface area contributed by atoms with Gasteiger partial charge in [-0.05, 0) is 48.2 Å². The minimum atomic E-state index is -0.445. The van der Waals surface area contributed by atoms with Crippen molar-refractivity contribution >= 4 is 28.0 Å². The molecule has 0 saturated carbocycles. The van der Waals surface area contributed by atoms with E-state index in [-0.39, 0.29) is 19.8 Å². The van der Waals surface area contributed by atoms with Crippen LogP contribution in [-0.4, -0.2) is 36.7 Å². The van der Waals surface area contributed by atoms with Crippen molar-refractivity contribution in [3.8, 4) is 5.75 Å². The van der Waals surface area contributed by atoms with Crippen molar-refractivity contribution in [2.75, 3.05) is 19.8 Å². The molecular formula is C27H26BrNO5. The third-order valence-electron chi connectivity index (χ3n) is 5.64. The van der Waals surface area contributed by atoms with E-state index in [2.05, 4.69) is 22.0 Å². The second kappa shape index (κ2) is 11.2. The maximum absolute atomic E-state index is 13.3. The zero-order chi connectivity index (χ0) is 23.9. The Morgan fingerprint density at radius 2 is 1.74 bits per heavy atom. The summed E-state index contributed by atoms with van der Waals surface area (Å²) >= 11 is 3.54. The van der Waals surface area contributed by atoms with Gasteiger partial charge in [0.1, 0.15) is 12.4 Å². The highest BCUT2D eigenvalue weighted by atomic mass is 79.9. The van der Waals surface area contributed by atoms with Crippen LogP contribution in [0.5, 0.6) is 5.75 Å². The summed E-state index contributed by atoms with van der Waals surface area (Å²) in [6.07, 6.45) is 0.319. The first kappa shape index (κ1) is 23.8. The summed E-state index contributed by atoms with van der Waals surface area (Å²) in [6, 6.07) is 22.8. The van der Waals surface area contributed by atoms with Crippen LogP contribution in [0.25, 0.3) is 0 Å². The highest BCUT2D eigenvalue weighted by Gasteiger charge is 2.35. The summed E-state index contributed by atoms with van der Waals surface area (Å²) in [6.45, 7) is 2.51. The van der Waals surface area contributed by atoms with E-state index in [1.807, 2.05) is 60.7 Å². The summed E-state index contributed by atoms with van der Waals surface area (Å²) in [5, 5.41) is 0. The van der Waals surface area contributed by atoms with Gasteiger partial charge >= 0.3 is 12.1 Å². The molecule has 0 radical (unpaired) electrons. The minimum Gasteiger partial charge on any atom is -0.482 e. The Labute approximate surface area is 207 Å². The molecule has 7 heteroatoms. The molecule has 6 nitrogen and oxygen atoms in total. The first-order chi connectivity index (χ1) is 16.6. The van der Waals surface area contributed by atoms with Gasteiger partial charge in [-0.3, -0.25) is 4.90 Å². The third kappa shape index (κ3) is 5.59. The minimum absolute atomic E-state index is 0.190. The van der Waals surface area contributed by atoms with Gasteiger partial charge in [0.05, 0.1) is 12.6 Å². The lowest BCUT2D eigenvalue weighted by Crippen LogP contribution is -2.41. The van der Waals surface area contributed by atoms with Gasteiger partial charge in [0, 0.05) is 16.6 Å². The first-order valence-corrected chi connectivity index (χ1v) is 12.0. The first-order valence-electron chi connectivity index (χ1n) is 11.2. The number of amides is 1. The standard InChI is InChI=1S/C27H26BrNO5/c1-2-32-25(30)18-33-24-13-12-21(28)16-23(24)26-22-11-7-6-10-20(22)14-15-29(26)27(31)34-17-19-8-4-3-5-9-19/h3-13,16,26H,2,14-15,17-18H2,1H3. The number of halogens is 1. The Morgan fingerprint density at radius 3 is 2.53 bits per heavy atom. The van der Waals surface area contributed by atoms with Gasteiger partial charge in [-0.2, -0.15) is 0 Å². The Kier molecular flexibility index (Phi) is 7.85. The van der Waals surface area contributed by atoms with E-state index < -0.39 is 18.1 Å². The Morgan fingerprint density at radius 1 is 0.971 bits per heavy atom. The van der Waals surface area contributed by atoms with Crippen molar-refractivity contribution in [2.24, 2.45) is 0 Å². The van der Waals surface area contributed by atoms with E-state index in [4.69, 9.17) is 14.2 Å². The molecule has 34 heavy (non-hydrogen) atoms. The lowest BCUT2D eigenvalue weighted by Gasteiger charge is -2.37. The monoisotopic (exact) mass is 523 g/mol. The zero-order valence-corrected chi connectivity index (χ0v) is 20.5. The Balaban J connectivity index is 1.66. The van der Waals surface area contributed by atoms with Gasteiger partial charge in [-0.25, -0.2) is 9.59 Å². The van der Waals surface area contributed by atoms with Crippen molar-refractivity contribution in [2.45, 2.75) is 26.0 Å². The van der Waals surface area contributed by atoms with Gasteiger partial charge in [-0.15, -0.1) is 0 Å². The predicted octanol–water partition coefficient (Wildman–Crippen LogP) is 5.68. The van der Waals surface area contributed by atoms with Gasteiger partial charge in [-0.1, -0.05) is 70.5 Å². The molecule has 1 aliphatic heterocycles. The molecule has 176 valence electrons. The van der Waals surface area contributed by atoms with Crippen LogP contribution in [-0.2, 0) is 27.3 Å². The highest BCUT2D eigenvalue weighted by molar-refractivity contribution is 9.10. The lowest BCUT2D eigenvalue weighted by atomic mass is 9.88. The highest BCUT2D eigenvalue weighted by Crippen LogP contribution is 2.40. The number of rotatable bonds is 7. The maximum atomic E-state index is 13.3. The molecule has 1 aliphatic rings. The number of ether oxygens (including phenoxy) is 3. The molecule has 3 aromatic carbocycles. The average Bonchev–Trinajstić information content (AvgIpc) is 2.86. The number of nitrogens with zero attached hydrogens (tertiary/aromatic N) is 1. The van der Waals surface area contributed by atoms with Crippen LogP contribution in [0.2, 0.25) is 0 Å². The second-order valence-electron chi connectivity index (χ2n) is 7.86. The van der Waals surface area contributed by atoms with Crippen LogP contribution in [0.4, 0.5) is 4.79 Å². The topological polar surface area (TPSA) is 65.1 Å². The SMILES string of the molecule is CCOC(=O)COc1ccc(Br)cc1C1c2ccccc2CCN1C(=O)OCc1ccccc1. The van der Waals surface area contributed by atoms with E-state index >= 15 is 0 Å². The van der Waals surface area contributed by atoms with Crippen LogP contribution in [0.15, 0.2) is 77.3 Å². The molecule has 4 rings (SSSR count). The van der Waals surface area contributed by atoms with Crippen LogP contribution in [0.1, 0.15) is 35.2 Å². The number of benzene rings is 3. The summed E-state index contributed by atoms with van der Waals surface area (Å²) in [7, 11) is 0. The summed E-state index contributed by atoms with van der Waals surface area (Å²) in [5.74, 6) is 0.0679. The molecule has 0 aromatic heterocycles. The normalized spacial score (nSPS) is 14.8. The molecule has 1 atom stereocenters. The van der Waals surface area contributed by atoms with Crippen molar-refractivity contribution in [3.63, 3.8) is 0 Å². The quantitative estimate of drug-likeness (QED) is 0.373. The van der Waals surface area contributed by atoms with Gasteiger partial charge < -0.3 is 14.2 Å². The molecule has 0 fully saturated rings. The van der Waals surface area contributed by atoms with Gasteiger partial charge in [0.25, 0.3) is 0 Å². The summed E-state index contributed by atoms with van der Waals surface area (Å²) < 4.78 is 17.4. The number of esters is 1.